The molecule has 0 saturated carbocycles. The minimum absolute atomic E-state index is 0.117. The van der Waals surface area contributed by atoms with Crippen LogP contribution in [0.2, 0.25) is 0 Å². The van der Waals surface area contributed by atoms with E-state index in [-0.39, 0.29) is 5.78 Å². The number of benzene rings is 1. The van der Waals surface area contributed by atoms with Crippen LogP contribution in [0.1, 0.15) is 30.6 Å². The molecular formula is C11H13IO2S. The van der Waals surface area contributed by atoms with E-state index in [2.05, 4.69) is 21.2 Å². The molecule has 82 valence electrons. The topological polar surface area (TPSA) is 26.3 Å². The smallest absolute Gasteiger partial charge is 0.165 e. The lowest BCUT2D eigenvalue weighted by Gasteiger charge is -2.21. The highest BCUT2D eigenvalue weighted by molar-refractivity contribution is 14.2. The van der Waals surface area contributed by atoms with Crippen LogP contribution < -0.4 is 0 Å². The second-order valence-corrected chi connectivity index (χ2v) is 5.24. The molecule has 0 N–H and O–H groups in total. The highest BCUT2D eigenvalue weighted by atomic mass is 127. The number of halogens is 1. The Morgan fingerprint density at radius 2 is 2.00 bits per heavy atom. The van der Waals surface area contributed by atoms with Crippen LogP contribution in [-0.4, -0.2) is 11.4 Å². The Balaban J connectivity index is 2.64. The molecule has 0 aliphatic carbocycles. The zero-order chi connectivity index (χ0) is 11.3. The molecule has 2 nitrogen and oxygen atoms in total. The molecule has 0 aromatic heterocycles. The van der Waals surface area contributed by atoms with E-state index in [4.69, 9.17) is 4.18 Å². The molecule has 0 unspecified atom stereocenters. The number of Topliss-reactive ketones (excluding diaryl/α,β-unsaturated/α-hetero) is 1. The number of carbonyl (C=O) groups is 1. The van der Waals surface area contributed by atoms with Gasteiger partial charge in [0.2, 0.25) is 0 Å². The Bertz CT molecular complexity index is 325. The number of hydrogen-bond donors (Lipinski definition) is 0. The minimum Gasteiger partial charge on any atom is -0.299 e. The van der Waals surface area contributed by atoms with E-state index in [0.29, 0.717) is 6.42 Å². The van der Waals surface area contributed by atoms with Crippen LogP contribution in [-0.2, 0) is 4.18 Å². The van der Waals surface area contributed by atoms with E-state index >= 15 is 0 Å². The maximum absolute atomic E-state index is 11.8. The Hall–Kier alpha value is -0.0700. The lowest BCUT2D eigenvalue weighted by molar-refractivity contribution is 0.0811. The van der Waals surface area contributed by atoms with E-state index in [1.807, 2.05) is 44.2 Å². The summed E-state index contributed by atoms with van der Waals surface area (Å²) in [5.74, 6) is 0.117. The van der Waals surface area contributed by atoms with Crippen molar-refractivity contribution in [3.63, 3.8) is 0 Å². The number of ketones is 1. The Morgan fingerprint density at radius 1 is 1.40 bits per heavy atom. The quantitative estimate of drug-likeness (QED) is 0.461. The molecular weight excluding hydrogens is 323 g/mol. The van der Waals surface area contributed by atoms with Crippen molar-refractivity contribution in [3.05, 3.63) is 35.9 Å². The van der Waals surface area contributed by atoms with Gasteiger partial charge < -0.3 is 0 Å². The van der Waals surface area contributed by atoms with Crippen molar-refractivity contribution < 1.29 is 8.98 Å². The third-order valence-electron chi connectivity index (χ3n) is 1.94. The summed E-state index contributed by atoms with van der Waals surface area (Å²) in [5.41, 5.74) is 0.325. The van der Waals surface area contributed by atoms with E-state index in [0.717, 1.165) is 5.56 Å². The Labute approximate surface area is 107 Å². The average Bonchev–Trinajstić information content (AvgIpc) is 2.18. The van der Waals surface area contributed by atoms with E-state index in [1.165, 1.54) is 9.21 Å². The van der Waals surface area contributed by atoms with Crippen molar-refractivity contribution >= 4 is 36.2 Å². The lowest BCUT2D eigenvalue weighted by Crippen LogP contribution is -2.25. The van der Waals surface area contributed by atoms with Crippen LogP contribution in [0, 0.1) is 0 Å². The summed E-state index contributed by atoms with van der Waals surface area (Å²) in [6.07, 6.45) is 0.396. The Morgan fingerprint density at radius 3 is 2.53 bits per heavy atom. The fourth-order valence-electron chi connectivity index (χ4n) is 1.23. The van der Waals surface area contributed by atoms with Gasteiger partial charge >= 0.3 is 0 Å². The van der Waals surface area contributed by atoms with Gasteiger partial charge in [-0.1, -0.05) is 30.3 Å². The minimum atomic E-state index is -0.418. The lowest BCUT2D eigenvalue weighted by atomic mass is 9.98. The first-order valence-electron chi connectivity index (χ1n) is 4.60. The first-order chi connectivity index (χ1) is 7.05. The molecule has 15 heavy (non-hydrogen) atoms. The molecule has 0 saturated heterocycles. The van der Waals surface area contributed by atoms with Crippen molar-refractivity contribution in [3.8, 4) is 0 Å². The molecule has 0 spiro atoms. The van der Waals surface area contributed by atoms with Gasteiger partial charge in [0.15, 0.2) is 5.78 Å². The molecule has 0 amide bonds. The number of hydrogen-bond acceptors (Lipinski definition) is 3. The van der Waals surface area contributed by atoms with Gasteiger partial charge in [0.05, 0.1) is 14.8 Å². The monoisotopic (exact) mass is 336 g/mol. The first kappa shape index (κ1) is 13.0. The molecule has 0 aliphatic heterocycles. The van der Waals surface area contributed by atoms with Crippen LogP contribution in [0.25, 0.3) is 0 Å². The predicted molar refractivity (Wildman–Crippen MR) is 72.2 cm³/mol. The SMILES string of the molecule is CC(C)(CC(=O)c1ccccc1)OSI. The van der Waals surface area contributed by atoms with Gasteiger partial charge in [0.25, 0.3) is 0 Å². The van der Waals surface area contributed by atoms with Gasteiger partial charge in [0, 0.05) is 33.2 Å². The number of rotatable bonds is 5. The summed E-state index contributed by atoms with van der Waals surface area (Å²) in [4.78, 5) is 11.8. The Kier molecular flexibility index (Phi) is 5.08. The molecule has 1 rings (SSSR count). The second kappa shape index (κ2) is 5.86. The highest BCUT2D eigenvalue weighted by Crippen LogP contribution is 2.27. The van der Waals surface area contributed by atoms with E-state index in [9.17, 15) is 4.79 Å². The average molecular weight is 336 g/mol. The molecule has 4 heteroatoms. The van der Waals surface area contributed by atoms with Crippen molar-refractivity contribution in [2.45, 2.75) is 25.9 Å². The van der Waals surface area contributed by atoms with E-state index in [1.54, 1.807) is 0 Å². The van der Waals surface area contributed by atoms with Gasteiger partial charge in [-0.05, 0) is 13.8 Å². The third kappa shape index (κ3) is 4.53. The normalized spacial score (nSPS) is 11.4. The van der Waals surface area contributed by atoms with Crippen molar-refractivity contribution in [1.29, 1.82) is 0 Å². The van der Waals surface area contributed by atoms with Crippen molar-refractivity contribution in [2.24, 2.45) is 0 Å². The maximum atomic E-state index is 11.8. The third-order valence-corrected chi connectivity index (χ3v) is 2.99. The molecule has 0 fully saturated rings. The summed E-state index contributed by atoms with van der Waals surface area (Å²) >= 11 is 2.06. The number of carbonyl (C=O) groups excluding carboxylic acids is 1. The summed E-state index contributed by atoms with van der Waals surface area (Å²) in [6, 6.07) is 9.30. The maximum Gasteiger partial charge on any atom is 0.165 e. The van der Waals surface area contributed by atoms with Crippen LogP contribution in [0.4, 0.5) is 0 Å². The van der Waals surface area contributed by atoms with Gasteiger partial charge in [-0.15, -0.1) is 0 Å². The van der Waals surface area contributed by atoms with E-state index < -0.39 is 5.60 Å². The second-order valence-electron chi connectivity index (χ2n) is 3.87. The molecule has 0 radical (unpaired) electrons. The summed E-state index contributed by atoms with van der Waals surface area (Å²) in [7, 11) is 1.26. The summed E-state index contributed by atoms with van der Waals surface area (Å²) in [6.45, 7) is 3.83. The van der Waals surface area contributed by atoms with Crippen molar-refractivity contribution in [2.75, 3.05) is 0 Å². The molecule has 0 bridgehead atoms. The fourth-order valence-corrected chi connectivity index (χ4v) is 2.92. The molecule has 0 heterocycles. The molecule has 1 aromatic rings. The zero-order valence-corrected chi connectivity index (χ0v) is 11.7. The van der Waals surface area contributed by atoms with Crippen LogP contribution in [0.3, 0.4) is 0 Å². The van der Waals surface area contributed by atoms with Gasteiger partial charge in [-0.2, -0.15) is 0 Å². The standard InChI is InChI=1S/C11H13IO2S/c1-11(2,14-15-12)8-10(13)9-6-4-3-5-7-9/h3-7H,8H2,1-2H3. The zero-order valence-electron chi connectivity index (χ0n) is 8.70. The first-order valence-corrected chi connectivity index (χ1v) is 7.88. The van der Waals surface area contributed by atoms with Crippen LogP contribution >= 0.6 is 30.4 Å². The summed E-state index contributed by atoms with van der Waals surface area (Å²) in [5, 5.41) is 0. The largest absolute Gasteiger partial charge is 0.299 e. The molecule has 1 aromatic carbocycles. The van der Waals surface area contributed by atoms with Gasteiger partial charge in [0.1, 0.15) is 0 Å². The van der Waals surface area contributed by atoms with Gasteiger partial charge in [-0.25, -0.2) is 0 Å². The predicted octanol–water partition coefficient (Wildman–Crippen LogP) is 4.05. The molecule has 0 atom stereocenters. The fraction of sp³-hybridized carbons (Fsp3) is 0.364. The van der Waals surface area contributed by atoms with Crippen LogP contribution in [0.15, 0.2) is 30.3 Å². The van der Waals surface area contributed by atoms with Gasteiger partial charge in [-0.3, -0.25) is 8.98 Å². The molecule has 0 aliphatic rings. The highest BCUT2D eigenvalue weighted by Gasteiger charge is 2.23. The van der Waals surface area contributed by atoms with Crippen LogP contribution in [0.5, 0.6) is 0 Å². The van der Waals surface area contributed by atoms with Crippen molar-refractivity contribution in [1.82, 2.24) is 0 Å². The summed E-state index contributed by atoms with van der Waals surface area (Å²) < 4.78 is 5.40.